The first kappa shape index (κ1) is 14.0. The molecule has 1 aromatic heterocycles. The van der Waals surface area contributed by atoms with E-state index in [0.29, 0.717) is 4.77 Å². The van der Waals surface area contributed by atoms with Gasteiger partial charge in [0.2, 0.25) is 0 Å². The Kier molecular flexibility index (Phi) is 3.90. The minimum Gasteiger partial charge on any atom is -0.495 e. The van der Waals surface area contributed by atoms with E-state index in [1.54, 1.807) is 7.11 Å². The molecule has 0 saturated carbocycles. The summed E-state index contributed by atoms with van der Waals surface area (Å²) in [5.74, 6) is 1.51. The van der Waals surface area contributed by atoms with Gasteiger partial charge in [-0.1, -0.05) is 30.3 Å². The van der Waals surface area contributed by atoms with Crippen molar-refractivity contribution < 1.29 is 4.74 Å². The van der Waals surface area contributed by atoms with Gasteiger partial charge < -0.3 is 4.74 Å². The zero-order valence-corrected chi connectivity index (χ0v) is 13.6. The molecule has 106 valence electrons. The van der Waals surface area contributed by atoms with E-state index < -0.39 is 0 Å². The summed E-state index contributed by atoms with van der Waals surface area (Å²) < 4.78 is 8.67. The largest absolute Gasteiger partial charge is 0.495 e. The van der Waals surface area contributed by atoms with Gasteiger partial charge in [0, 0.05) is 11.6 Å². The number of rotatable bonds is 3. The van der Waals surface area contributed by atoms with E-state index in [1.165, 1.54) is 0 Å². The van der Waals surface area contributed by atoms with E-state index in [2.05, 4.69) is 26.1 Å². The summed E-state index contributed by atoms with van der Waals surface area (Å²) in [6.45, 7) is 0. The molecule has 3 rings (SSSR count). The molecule has 2 aromatic carbocycles. The smallest absolute Gasteiger partial charge is 0.200 e. The maximum Gasteiger partial charge on any atom is 0.200 e. The molecule has 0 atom stereocenters. The molecule has 0 aliphatic carbocycles. The van der Waals surface area contributed by atoms with Crippen LogP contribution in [0, 0.1) is 4.77 Å². The summed E-state index contributed by atoms with van der Waals surface area (Å²) in [4.78, 5) is 0. The summed E-state index contributed by atoms with van der Waals surface area (Å²) in [7, 11) is 1.64. The van der Waals surface area contributed by atoms with Gasteiger partial charge in [-0.2, -0.15) is 5.10 Å². The topological polar surface area (TPSA) is 42.8 Å². The predicted octanol–water partition coefficient (Wildman–Crippen LogP) is 4.37. The van der Waals surface area contributed by atoms with Crippen LogP contribution in [0.4, 0.5) is 0 Å². The average molecular weight is 362 g/mol. The molecule has 0 radical (unpaired) electrons. The van der Waals surface area contributed by atoms with E-state index in [9.17, 15) is 0 Å². The van der Waals surface area contributed by atoms with Crippen molar-refractivity contribution in [3.8, 4) is 22.8 Å². The molecule has 0 spiro atoms. The molecular formula is C15H12BrN3OS. The van der Waals surface area contributed by atoms with E-state index in [-0.39, 0.29) is 0 Å². The number of benzene rings is 2. The molecule has 0 bridgehead atoms. The summed E-state index contributed by atoms with van der Waals surface area (Å²) in [5, 5.41) is 7.18. The Balaban J connectivity index is 2.20. The van der Waals surface area contributed by atoms with Crippen molar-refractivity contribution in [2.75, 3.05) is 7.11 Å². The molecule has 6 heteroatoms. The highest BCUT2D eigenvalue weighted by atomic mass is 79.9. The molecule has 21 heavy (non-hydrogen) atoms. The van der Waals surface area contributed by atoms with Crippen LogP contribution in [-0.2, 0) is 0 Å². The van der Waals surface area contributed by atoms with Gasteiger partial charge in [-0.15, -0.1) is 0 Å². The number of hydrogen-bond donors (Lipinski definition) is 1. The maximum absolute atomic E-state index is 5.36. The molecule has 3 aromatic rings. The van der Waals surface area contributed by atoms with Crippen molar-refractivity contribution in [2.24, 2.45) is 0 Å². The number of nitrogens with zero attached hydrogens (tertiary/aromatic N) is 2. The lowest BCUT2D eigenvalue weighted by molar-refractivity contribution is 0.412. The SMILES string of the molecule is COc1cc(-n2c(-c3ccccc3)n[nH]c2=S)ccc1Br. The average Bonchev–Trinajstić information content (AvgIpc) is 2.90. The summed E-state index contributed by atoms with van der Waals surface area (Å²) in [6.07, 6.45) is 0. The van der Waals surface area contributed by atoms with Gasteiger partial charge in [0.15, 0.2) is 10.6 Å². The fourth-order valence-electron chi connectivity index (χ4n) is 2.10. The van der Waals surface area contributed by atoms with Crippen molar-refractivity contribution in [1.29, 1.82) is 0 Å². The molecule has 4 nitrogen and oxygen atoms in total. The number of methoxy groups -OCH3 is 1. The molecular weight excluding hydrogens is 350 g/mol. The summed E-state index contributed by atoms with van der Waals surface area (Å²) in [6, 6.07) is 15.7. The number of H-pyrrole nitrogens is 1. The third kappa shape index (κ3) is 2.64. The first-order valence-corrected chi connectivity index (χ1v) is 7.47. The number of nitrogens with one attached hydrogen (secondary N) is 1. The van der Waals surface area contributed by atoms with Crippen LogP contribution in [0.15, 0.2) is 53.0 Å². The van der Waals surface area contributed by atoms with Crippen molar-refractivity contribution >= 4 is 28.1 Å². The lowest BCUT2D eigenvalue weighted by Crippen LogP contribution is -1.98. The van der Waals surface area contributed by atoms with E-state index in [4.69, 9.17) is 17.0 Å². The second-order valence-electron chi connectivity index (χ2n) is 4.37. The van der Waals surface area contributed by atoms with Crippen molar-refractivity contribution in [1.82, 2.24) is 14.8 Å². The first-order chi connectivity index (χ1) is 10.2. The van der Waals surface area contributed by atoms with Gasteiger partial charge >= 0.3 is 0 Å². The molecule has 0 saturated heterocycles. The van der Waals surface area contributed by atoms with Crippen LogP contribution in [0.5, 0.6) is 5.75 Å². The predicted molar refractivity (Wildman–Crippen MR) is 88.4 cm³/mol. The maximum atomic E-state index is 5.36. The molecule has 0 aliphatic heterocycles. The standard InChI is InChI=1S/C15H12BrN3OS/c1-20-13-9-11(7-8-12(13)16)19-14(17-18-15(19)21)10-5-3-2-4-6-10/h2-9H,1H3,(H,18,21). The highest BCUT2D eigenvalue weighted by Gasteiger charge is 2.12. The number of aromatic amines is 1. The van der Waals surface area contributed by atoms with Crippen LogP contribution < -0.4 is 4.74 Å². The molecule has 0 unspecified atom stereocenters. The van der Waals surface area contributed by atoms with Gasteiger partial charge in [-0.3, -0.25) is 9.67 Å². The van der Waals surface area contributed by atoms with Gasteiger partial charge in [0.1, 0.15) is 5.75 Å². The number of ether oxygens (including phenoxy) is 1. The Hall–Kier alpha value is -1.92. The normalized spacial score (nSPS) is 10.6. The number of hydrogen-bond acceptors (Lipinski definition) is 3. The van der Waals surface area contributed by atoms with Crippen molar-refractivity contribution in [3.05, 3.63) is 57.8 Å². The molecule has 1 N–H and O–H groups in total. The van der Waals surface area contributed by atoms with E-state index in [1.807, 2.05) is 53.1 Å². The Morgan fingerprint density at radius 3 is 2.67 bits per heavy atom. The highest BCUT2D eigenvalue weighted by molar-refractivity contribution is 9.10. The lowest BCUT2D eigenvalue weighted by Gasteiger charge is -2.10. The first-order valence-electron chi connectivity index (χ1n) is 6.27. The Morgan fingerprint density at radius 2 is 1.95 bits per heavy atom. The Bertz CT molecular complexity index is 826. The Labute approximate surface area is 135 Å². The van der Waals surface area contributed by atoms with Crippen LogP contribution >= 0.6 is 28.1 Å². The molecule has 0 aliphatic rings. The monoisotopic (exact) mass is 361 g/mol. The second-order valence-corrected chi connectivity index (χ2v) is 5.61. The van der Waals surface area contributed by atoms with E-state index in [0.717, 1.165) is 27.3 Å². The summed E-state index contributed by atoms with van der Waals surface area (Å²) in [5.41, 5.74) is 1.89. The second kappa shape index (κ2) is 5.83. The number of halogens is 1. The zero-order valence-electron chi connectivity index (χ0n) is 11.2. The van der Waals surface area contributed by atoms with Crippen LogP contribution in [0.1, 0.15) is 0 Å². The fourth-order valence-corrected chi connectivity index (χ4v) is 2.75. The minimum atomic E-state index is 0.540. The van der Waals surface area contributed by atoms with Crippen molar-refractivity contribution in [2.45, 2.75) is 0 Å². The van der Waals surface area contributed by atoms with Gasteiger partial charge in [-0.25, -0.2) is 0 Å². The Morgan fingerprint density at radius 1 is 1.19 bits per heavy atom. The summed E-state index contributed by atoms with van der Waals surface area (Å²) >= 11 is 8.81. The highest BCUT2D eigenvalue weighted by Crippen LogP contribution is 2.29. The third-order valence-corrected chi connectivity index (χ3v) is 4.03. The van der Waals surface area contributed by atoms with Crippen LogP contribution in [0.3, 0.4) is 0 Å². The van der Waals surface area contributed by atoms with Gasteiger partial charge in [-0.05, 0) is 40.3 Å². The quantitative estimate of drug-likeness (QED) is 0.704. The van der Waals surface area contributed by atoms with Gasteiger partial charge in [0.05, 0.1) is 17.3 Å². The van der Waals surface area contributed by atoms with Crippen molar-refractivity contribution in [3.63, 3.8) is 0 Å². The molecule has 0 amide bonds. The lowest BCUT2D eigenvalue weighted by atomic mass is 10.2. The number of aromatic nitrogens is 3. The molecule has 0 fully saturated rings. The fraction of sp³-hybridized carbons (Fsp3) is 0.0667. The van der Waals surface area contributed by atoms with E-state index >= 15 is 0 Å². The van der Waals surface area contributed by atoms with Crippen LogP contribution in [0.2, 0.25) is 0 Å². The van der Waals surface area contributed by atoms with Crippen LogP contribution in [0.25, 0.3) is 17.1 Å². The third-order valence-electron chi connectivity index (χ3n) is 3.10. The van der Waals surface area contributed by atoms with Crippen LogP contribution in [-0.4, -0.2) is 21.9 Å². The minimum absolute atomic E-state index is 0.540. The zero-order chi connectivity index (χ0) is 14.8. The molecule has 1 heterocycles. The van der Waals surface area contributed by atoms with Gasteiger partial charge in [0.25, 0.3) is 0 Å².